The Morgan fingerprint density at radius 3 is 2.17 bits per heavy atom. The van der Waals surface area contributed by atoms with E-state index in [1.807, 2.05) is 26.0 Å². The number of nitrogens with one attached hydrogen (secondary N) is 2. The van der Waals surface area contributed by atoms with Crippen LogP contribution in [-0.2, 0) is 10.0 Å². The first-order chi connectivity index (χ1) is 13.5. The average Bonchev–Trinajstić information content (AvgIpc) is 2.65. The topological polar surface area (TPSA) is 84.5 Å². The van der Waals surface area contributed by atoms with Gasteiger partial charge in [-0.25, -0.2) is 13.1 Å². The van der Waals surface area contributed by atoms with Gasteiger partial charge in [0.25, 0.3) is 5.91 Å². The molecule has 0 aromatic heterocycles. The van der Waals surface area contributed by atoms with Gasteiger partial charge < -0.3 is 10.1 Å². The van der Waals surface area contributed by atoms with Crippen LogP contribution in [0.4, 0.5) is 0 Å². The Morgan fingerprint density at radius 2 is 1.66 bits per heavy atom. The number of hydrogen-bond donors (Lipinski definition) is 2. The molecule has 1 atom stereocenters. The molecule has 2 N–H and O–H groups in total. The number of rotatable bonds is 8. The van der Waals surface area contributed by atoms with Crippen molar-refractivity contribution in [3.63, 3.8) is 0 Å². The van der Waals surface area contributed by atoms with Crippen LogP contribution in [0, 0.1) is 5.92 Å². The van der Waals surface area contributed by atoms with Gasteiger partial charge in [-0.15, -0.1) is 0 Å². The summed E-state index contributed by atoms with van der Waals surface area (Å²) in [6.07, 6.45) is 0. The maximum atomic E-state index is 12.9. The van der Waals surface area contributed by atoms with E-state index in [9.17, 15) is 13.2 Å². The number of methoxy groups -OCH3 is 1. The van der Waals surface area contributed by atoms with Crippen molar-refractivity contribution in [1.29, 1.82) is 0 Å². The fourth-order valence-electron chi connectivity index (χ4n) is 2.93. The molecule has 1 unspecified atom stereocenters. The molecule has 0 saturated carbocycles. The lowest BCUT2D eigenvalue weighted by Crippen LogP contribution is -2.33. The van der Waals surface area contributed by atoms with Gasteiger partial charge in [0.2, 0.25) is 10.0 Å². The van der Waals surface area contributed by atoms with Gasteiger partial charge in [0.05, 0.1) is 13.2 Å². The van der Waals surface area contributed by atoms with Crippen LogP contribution in [0.5, 0.6) is 5.75 Å². The first-order valence-electron chi connectivity index (χ1n) is 9.32. The van der Waals surface area contributed by atoms with Crippen LogP contribution < -0.4 is 14.8 Å². The normalized spacial score (nSPS) is 12.8. The zero-order valence-corrected chi connectivity index (χ0v) is 18.8. The van der Waals surface area contributed by atoms with Crippen LogP contribution >= 0.6 is 11.6 Å². The molecule has 0 fully saturated rings. The summed E-state index contributed by atoms with van der Waals surface area (Å²) in [7, 11) is -2.44. The van der Waals surface area contributed by atoms with Crippen molar-refractivity contribution in [2.45, 2.75) is 44.7 Å². The molecule has 8 heteroatoms. The van der Waals surface area contributed by atoms with Crippen molar-refractivity contribution < 1.29 is 17.9 Å². The predicted molar refractivity (Wildman–Crippen MR) is 115 cm³/mol. The molecule has 6 nitrogen and oxygen atoms in total. The fourth-order valence-corrected chi connectivity index (χ4v) is 4.50. The fraction of sp³-hybridized carbons (Fsp3) is 0.381. The summed E-state index contributed by atoms with van der Waals surface area (Å²) in [4.78, 5) is 12.8. The van der Waals surface area contributed by atoms with Gasteiger partial charge >= 0.3 is 0 Å². The molecule has 0 spiro atoms. The Balaban J connectivity index is 2.37. The third-order valence-corrected chi connectivity index (χ3v) is 6.22. The zero-order chi connectivity index (χ0) is 21.8. The molecule has 0 aliphatic carbocycles. The van der Waals surface area contributed by atoms with E-state index in [0.29, 0.717) is 5.02 Å². The van der Waals surface area contributed by atoms with Gasteiger partial charge in [-0.05, 0) is 55.7 Å². The highest BCUT2D eigenvalue weighted by atomic mass is 35.5. The van der Waals surface area contributed by atoms with Crippen molar-refractivity contribution in [3.8, 4) is 5.75 Å². The molecule has 2 rings (SSSR count). The lowest BCUT2D eigenvalue weighted by Gasteiger charge is -2.23. The number of ether oxygens (including phenoxy) is 1. The SMILES string of the molecule is COc1ccc(C(=O)NC(c2ccc(Cl)cc2)C(C)C)cc1S(=O)(=O)NC(C)C. The third-order valence-electron chi connectivity index (χ3n) is 4.29. The first kappa shape index (κ1) is 23.2. The maximum Gasteiger partial charge on any atom is 0.251 e. The molecule has 158 valence electrons. The summed E-state index contributed by atoms with van der Waals surface area (Å²) in [6, 6.07) is 11.1. The first-order valence-corrected chi connectivity index (χ1v) is 11.2. The van der Waals surface area contributed by atoms with Gasteiger partial charge in [0.15, 0.2) is 0 Å². The van der Waals surface area contributed by atoms with E-state index in [1.54, 1.807) is 32.0 Å². The maximum absolute atomic E-state index is 12.9. The molecule has 1 amide bonds. The second-order valence-corrected chi connectivity index (χ2v) is 9.51. The highest BCUT2D eigenvalue weighted by molar-refractivity contribution is 7.89. The Hall–Kier alpha value is -2.09. The summed E-state index contributed by atoms with van der Waals surface area (Å²) in [6.45, 7) is 7.44. The lowest BCUT2D eigenvalue weighted by molar-refractivity contribution is 0.0925. The molecule has 0 saturated heterocycles. The quantitative estimate of drug-likeness (QED) is 0.648. The number of sulfonamides is 1. The molecular formula is C21H27ClN2O4S. The molecule has 0 heterocycles. The smallest absolute Gasteiger partial charge is 0.251 e. The molecule has 0 radical (unpaired) electrons. The molecule has 0 bridgehead atoms. The van der Waals surface area contributed by atoms with Gasteiger partial charge in [-0.3, -0.25) is 4.79 Å². The van der Waals surface area contributed by atoms with Gasteiger partial charge in [-0.2, -0.15) is 0 Å². The van der Waals surface area contributed by atoms with Gasteiger partial charge in [0.1, 0.15) is 10.6 Å². The largest absolute Gasteiger partial charge is 0.495 e. The highest BCUT2D eigenvalue weighted by Crippen LogP contribution is 2.27. The number of carbonyl (C=O) groups excluding carboxylic acids is 1. The van der Waals surface area contributed by atoms with E-state index >= 15 is 0 Å². The molecule has 2 aromatic rings. The number of carbonyl (C=O) groups is 1. The second kappa shape index (κ2) is 9.61. The number of amides is 1. The molecule has 0 aliphatic heterocycles. The summed E-state index contributed by atoms with van der Waals surface area (Å²) < 4.78 is 33.0. The van der Waals surface area contributed by atoms with Crippen molar-refractivity contribution in [1.82, 2.24) is 10.0 Å². The molecular weight excluding hydrogens is 412 g/mol. The van der Waals surface area contributed by atoms with Crippen LogP contribution in [0.2, 0.25) is 5.02 Å². The lowest BCUT2D eigenvalue weighted by atomic mass is 9.95. The van der Waals surface area contributed by atoms with E-state index in [0.717, 1.165) is 5.56 Å². The van der Waals surface area contributed by atoms with Crippen LogP contribution in [-0.4, -0.2) is 27.5 Å². The minimum Gasteiger partial charge on any atom is -0.495 e. The average molecular weight is 439 g/mol. The predicted octanol–water partition coefficient (Wildman–Crippen LogP) is 4.16. The van der Waals surface area contributed by atoms with Gasteiger partial charge in [-0.1, -0.05) is 37.6 Å². The Kier molecular flexibility index (Phi) is 7.68. The molecule has 2 aromatic carbocycles. The van der Waals surface area contributed by atoms with Gasteiger partial charge in [0, 0.05) is 16.6 Å². The summed E-state index contributed by atoms with van der Waals surface area (Å²) in [5.41, 5.74) is 1.15. The highest BCUT2D eigenvalue weighted by Gasteiger charge is 2.24. The second-order valence-electron chi connectivity index (χ2n) is 7.39. The van der Waals surface area contributed by atoms with Crippen LogP contribution in [0.1, 0.15) is 49.7 Å². The standard InChI is InChI=1S/C21H27ClN2O4S/c1-13(2)20(15-6-9-17(22)10-7-15)23-21(25)16-8-11-18(28-5)19(12-16)29(26,27)24-14(3)4/h6-14,20,24H,1-5H3,(H,23,25). The molecule has 29 heavy (non-hydrogen) atoms. The van der Waals surface area contributed by atoms with E-state index < -0.39 is 10.0 Å². The molecule has 0 aliphatic rings. The van der Waals surface area contributed by atoms with Crippen LogP contribution in [0.15, 0.2) is 47.4 Å². The third kappa shape index (κ3) is 5.95. The number of halogens is 1. The van der Waals surface area contributed by atoms with E-state index in [2.05, 4.69) is 10.0 Å². The monoisotopic (exact) mass is 438 g/mol. The Bertz CT molecular complexity index is 957. The minimum absolute atomic E-state index is 0.0751. The van der Waals surface area contributed by atoms with E-state index in [4.69, 9.17) is 16.3 Å². The zero-order valence-electron chi connectivity index (χ0n) is 17.2. The Morgan fingerprint density at radius 1 is 1.03 bits per heavy atom. The number of hydrogen-bond acceptors (Lipinski definition) is 4. The summed E-state index contributed by atoms with van der Waals surface area (Å²) in [5.74, 6) is -0.0840. The number of benzene rings is 2. The van der Waals surface area contributed by atoms with Crippen LogP contribution in [0.25, 0.3) is 0 Å². The minimum atomic E-state index is -3.83. The Labute approximate surface area is 177 Å². The summed E-state index contributed by atoms with van der Waals surface area (Å²) >= 11 is 5.96. The van der Waals surface area contributed by atoms with Crippen LogP contribution in [0.3, 0.4) is 0 Å². The van der Waals surface area contributed by atoms with Crippen molar-refractivity contribution >= 4 is 27.5 Å². The van der Waals surface area contributed by atoms with E-state index in [1.165, 1.54) is 19.2 Å². The van der Waals surface area contributed by atoms with Crippen molar-refractivity contribution in [2.75, 3.05) is 7.11 Å². The van der Waals surface area contributed by atoms with Crippen molar-refractivity contribution in [3.05, 3.63) is 58.6 Å². The summed E-state index contributed by atoms with van der Waals surface area (Å²) in [5, 5.41) is 3.60. The van der Waals surface area contributed by atoms with E-state index in [-0.39, 0.29) is 40.1 Å². The van der Waals surface area contributed by atoms with Crippen molar-refractivity contribution in [2.24, 2.45) is 5.92 Å².